The molecule has 25 heavy (non-hydrogen) atoms. The van der Waals surface area contributed by atoms with Crippen LogP contribution in [-0.4, -0.2) is 37.3 Å². The van der Waals surface area contributed by atoms with Crippen molar-refractivity contribution in [2.24, 2.45) is 0 Å². The summed E-state index contributed by atoms with van der Waals surface area (Å²) in [5, 5.41) is 0. The van der Waals surface area contributed by atoms with Crippen molar-refractivity contribution in [3.63, 3.8) is 0 Å². The van der Waals surface area contributed by atoms with Crippen LogP contribution in [0, 0.1) is 0 Å². The maximum Gasteiger partial charge on any atom is 0.228 e. The molecule has 126 valence electrons. The van der Waals surface area contributed by atoms with Crippen molar-refractivity contribution in [3.8, 4) is 11.5 Å². The lowest BCUT2D eigenvalue weighted by Gasteiger charge is -2.25. The van der Waals surface area contributed by atoms with Gasteiger partial charge in [0, 0.05) is 50.4 Å². The summed E-state index contributed by atoms with van der Waals surface area (Å²) in [6.07, 6.45) is 10.1. The molecule has 4 heterocycles. The Morgan fingerprint density at radius 1 is 1.20 bits per heavy atom. The molecule has 7 nitrogen and oxygen atoms in total. The second kappa shape index (κ2) is 6.80. The van der Waals surface area contributed by atoms with Crippen molar-refractivity contribution in [1.29, 1.82) is 0 Å². The largest absolute Gasteiger partial charge is 0.441 e. The number of carbonyl (C=O) groups excluding carboxylic acids is 1. The van der Waals surface area contributed by atoms with E-state index in [1.807, 2.05) is 17.0 Å². The van der Waals surface area contributed by atoms with Crippen molar-refractivity contribution in [2.75, 3.05) is 6.54 Å². The van der Waals surface area contributed by atoms with E-state index in [-0.39, 0.29) is 5.91 Å². The normalized spacial score (nSPS) is 13.5. The first-order valence-electron chi connectivity index (χ1n) is 8.21. The Labute approximate surface area is 144 Å². The number of aryl methyl sites for hydroxylation is 1. The molecular weight excluding hydrogens is 318 g/mol. The van der Waals surface area contributed by atoms with Crippen LogP contribution >= 0.6 is 0 Å². The fraction of sp³-hybridized carbons (Fsp3) is 0.278. The fourth-order valence-corrected chi connectivity index (χ4v) is 2.88. The smallest absolute Gasteiger partial charge is 0.228 e. The number of hydrogen-bond acceptors (Lipinski definition) is 6. The highest BCUT2D eigenvalue weighted by molar-refractivity contribution is 5.76. The van der Waals surface area contributed by atoms with Crippen molar-refractivity contribution >= 4 is 5.91 Å². The van der Waals surface area contributed by atoms with Gasteiger partial charge in [-0.15, -0.1) is 0 Å². The van der Waals surface area contributed by atoms with E-state index in [1.54, 1.807) is 31.0 Å². The molecule has 3 aromatic heterocycles. The predicted molar refractivity (Wildman–Crippen MR) is 89.2 cm³/mol. The molecule has 1 aliphatic rings. The molecular formula is C18H17N5O2. The third-order valence-corrected chi connectivity index (χ3v) is 4.20. The van der Waals surface area contributed by atoms with E-state index >= 15 is 0 Å². The Hall–Kier alpha value is -3.09. The molecule has 0 fully saturated rings. The number of hydrogen-bond donors (Lipinski definition) is 0. The summed E-state index contributed by atoms with van der Waals surface area (Å²) in [5.74, 6) is 1.52. The molecule has 7 heteroatoms. The predicted octanol–water partition coefficient (Wildman–Crippen LogP) is 2.04. The number of amides is 1. The van der Waals surface area contributed by atoms with E-state index in [2.05, 4.69) is 19.9 Å². The summed E-state index contributed by atoms with van der Waals surface area (Å²) in [7, 11) is 0. The Morgan fingerprint density at radius 2 is 2.12 bits per heavy atom. The van der Waals surface area contributed by atoms with Gasteiger partial charge in [0.05, 0.1) is 17.8 Å². The van der Waals surface area contributed by atoms with E-state index < -0.39 is 0 Å². The van der Waals surface area contributed by atoms with Gasteiger partial charge in [-0.25, -0.2) is 4.98 Å². The zero-order valence-electron chi connectivity index (χ0n) is 13.6. The zero-order chi connectivity index (χ0) is 17.1. The van der Waals surface area contributed by atoms with Gasteiger partial charge in [0.1, 0.15) is 11.5 Å². The molecule has 0 bridgehead atoms. The van der Waals surface area contributed by atoms with Gasteiger partial charge in [-0.1, -0.05) is 0 Å². The van der Waals surface area contributed by atoms with E-state index in [0.29, 0.717) is 38.2 Å². The van der Waals surface area contributed by atoms with Crippen LogP contribution < -0.4 is 0 Å². The molecule has 0 spiro atoms. The Balaban J connectivity index is 1.42. The van der Waals surface area contributed by atoms with E-state index in [0.717, 1.165) is 22.7 Å². The summed E-state index contributed by atoms with van der Waals surface area (Å²) in [6, 6.07) is 3.76. The van der Waals surface area contributed by atoms with Crippen LogP contribution in [0.3, 0.4) is 0 Å². The summed E-state index contributed by atoms with van der Waals surface area (Å²) in [4.78, 5) is 31.2. The maximum atomic E-state index is 12.5. The van der Waals surface area contributed by atoms with E-state index in [4.69, 9.17) is 4.42 Å². The van der Waals surface area contributed by atoms with Crippen LogP contribution in [0.25, 0.3) is 11.5 Å². The highest BCUT2D eigenvalue weighted by atomic mass is 16.4. The average Bonchev–Trinajstić information content (AvgIpc) is 3.11. The first kappa shape index (κ1) is 15.4. The van der Waals surface area contributed by atoms with Gasteiger partial charge in [-0.3, -0.25) is 19.7 Å². The molecule has 0 saturated carbocycles. The van der Waals surface area contributed by atoms with Gasteiger partial charge in [0.25, 0.3) is 0 Å². The van der Waals surface area contributed by atoms with Crippen LogP contribution in [0.15, 0.2) is 47.5 Å². The number of nitrogens with zero attached hydrogens (tertiary/aromatic N) is 5. The van der Waals surface area contributed by atoms with Crippen LogP contribution in [-0.2, 0) is 24.2 Å². The standard InChI is InChI=1S/C18H17N5O2/c24-17(4-3-14-11-20-7-8-21-14)23-9-5-16-15(12-23)22-18(25-16)13-2-1-6-19-10-13/h1-2,6-8,10-11H,3-5,9,12H2. The lowest BCUT2D eigenvalue weighted by Crippen LogP contribution is -2.36. The minimum atomic E-state index is 0.0993. The molecule has 0 aromatic carbocycles. The quantitative estimate of drug-likeness (QED) is 0.725. The molecule has 0 N–H and O–H groups in total. The maximum absolute atomic E-state index is 12.5. The highest BCUT2D eigenvalue weighted by Gasteiger charge is 2.25. The van der Waals surface area contributed by atoms with Gasteiger partial charge in [0.2, 0.25) is 11.8 Å². The molecule has 4 rings (SSSR count). The average molecular weight is 335 g/mol. The molecule has 0 radical (unpaired) electrons. The van der Waals surface area contributed by atoms with Gasteiger partial charge < -0.3 is 9.32 Å². The Bertz CT molecular complexity index is 864. The fourth-order valence-electron chi connectivity index (χ4n) is 2.88. The molecule has 3 aromatic rings. The molecule has 0 aliphatic carbocycles. The zero-order valence-corrected chi connectivity index (χ0v) is 13.6. The first-order valence-corrected chi connectivity index (χ1v) is 8.21. The second-order valence-corrected chi connectivity index (χ2v) is 5.89. The number of fused-ring (bicyclic) bond motifs is 1. The number of rotatable bonds is 4. The monoisotopic (exact) mass is 335 g/mol. The van der Waals surface area contributed by atoms with Gasteiger partial charge >= 0.3 is 0 Å². The van der Waals surface area contributed by atoms with Crippen LogP contribution in [0.2, 0.25) is 0 Å². The van der Waals surface area contributed by atoms with Crippen molar-refractivity contribution < 1.29 is 9.21 Å². The molecule has 0 unspecified atom stereocenters. The van der Waals surface area contributed by atoms with Crippen molar-refractivity contribution in [1.82, 2.24) is 24.8 Å². The lowest BCUT2D eigenvalue weighted by molar-refractivity contribution is -0.132. The van der Waals surface area contributed by atoms with E-state index in [1.165, 1.54) is 0 Å². The number of aromatic nitrogens is 4. The highest BCUT2D eigenvalue weighted by Crippen LogP contribution is 2.26. The van der Waals surface area contributed by atoms with Crippen molar-refractivity contribution in [3.05, 3.63) is 60.3 Å². The summed E-state index contributed by atoms with van der Waals surface area (Å²) >= 11 is 0. The van der Waals surface area contributed by atoms with Crippen LogP contribution in [0.5, 0.6) is 0 Å². The summed E-state index contributed by atoms with van der Waals surface area (Å²) in [6.45, 7) is 1.13. The molecule has 0 saturated heterocycles. The first-order chi connectivity index (χ1) is 12.3. The molecule has 0 atom stereocenters. The third kappa shape index (κ3) is 3.40. The van der Waals surface area contributed by atoms with Crippen molar-refractivity contribution in [2.45, 2.75) is 25.8 Å². The number of carbonyl (C=O) groups is 1. The summed E-state index contributed by atoms with van der Waals surface area (Å²) < 4.78 is 5.84. The second-order valence-electron chi connectivity index (χ2n) is 5.89. The van der Waals surface area contributed by atoms with Gasteiger partial charge in [-0.2, -0.15) is 0 Å². The van der Waals surface area contributed by atoms with Gasteiger partial charge in [0.15, 0.2) is 0 Å². The van der Waals surface area contributed by atoms with Gasteiger partial charge in [-0.05, 0) is 18.6 Å². The van der Waals surface area contributed by atoms with Crippen LogP contribution in [0.1, 0.15) is 23.6 Å². The minimum Gasteiger partial charge on any atom is -0.441 e. The van der Waals surface area contributed by atoms with E-state index in [9.17, 15) is 4.79 Å². The molecule has 1 aliphatic heterocycles. The Kier molecular flexibility index (Phi) is 4.20. The minimum absolute atomic E-state index is 0.0993. The molecule has 1 amide bonds. The summed E-state index contributed by atoms with van der Waals surface area (Å²) in [5.41, 5.74) is 2.50. The Morgan fingerprint density at radius 3 is 2.92 bits per heavy atom. The lowest BCUT2D eigenvalue weighted by atomic mass is 10.1. The topological polar surface area (TPSA) is 85.0 Å². The van der Waals surface area contributed by atoms with Crippen LogP contribution in [0.4, 0.5) is 0 Å². The number of oxazole rings is 1. The number of pyridine rings is 1. The third-order valence-electron chi connectivity index (χ3n) is 4.20. The SMILES string of the molecule is O=C(CCc1cnccn1)N1CCc2oc(-c3cccnc3)nc2C1.